The lowest BCUT2D eigenvalue weighted by Gasteiger charge is -2.43. The van der Waals surface area contributed by atoms with Gasteiger partial charge in [0.1, 0.15) is 5.60 Å². The molecule has 0 N–H and O–H groups in total. The van der Waals surface area contributed by atoms with Crippen LogP contribution in [-0.2, 0) is 25.0 Å². The van der Waals surface area contributed by atoms with E-state index in [1.54, 1.807) is 12.1 Å². The van der Waals surface area contributed by atoms with E-state index in [2.05, 4.69) is 52.3 Å². The van der Waals surface area contributed by atoms with Gasteiger partial charge in [-0.3, -0.25) is 0 Å². The summed E-state index contributed by atoms with van der Waals surface area (Å²) >= 11 is 4.22. The van der Waals surface area contributed by atoms with Gasteiger partial charge in [0.15, 0.2) is 46.0 Å². The molecule has 0 aliphatic carbocycles. The van der Waals surface area contributed by atoms with Gasteiger partial charge in [-0.2, -0.15) is 52.7 Å². The predicted octanol–water partition coefficient (Wildman–Crippen LogP) is 13.7. The van der Waals surface area contributed by atoms with Crippen molar-refractivity contribution in [2.24, 2.45) is 11.8 Å². The Kier molecular flexibility index (Phi) is 17.9. The molecular weight excluding hydrogens is 1180 g/mol. The minimum Gasteiger partial charge on any atom is -0.454 e. The molecule has 0 aromatic heterocycles. The Morgan fingerprint density at radius 1 is 0.429 bits per heavy atom. The summed E-state index contributed by atoms with van der Waals surface area (Å²) in [4.78, 5) is 37.3. The van der Waals surface area contributed by atoms with Crippen LogP contribution in [0, 0.1) is 11.8 Å². The number of hydrogen-bond donors (Lipinski definition) is 0. The maximum absolute atomic E-state index is 12.9. The van der Waals surface area contributed by atoms with Crippen molar-refractivity contribution in [1.29, 1.82) is 0 Å². The number of halogens is 13. The maximum atomic E-state index is 12.9. The van der Waals surface area contributed by atoms with Gasteiger partial charge in [0, 0.05) is 48.6 Å². The van der Waals surface area contributed by atoms with Gasteiger partial charge in [-0.15, -0.1) is 0 Å². The van der Waals surface area contributed by atoms with E-state index in [0.717, 1.165) is 63.0 Å². The summed E-state index contributed by atoms with van der Waals surface area (Å²) in [7, 11) is 0. The number of likely N-dealkylation sites (tertiary alicyclic amines) is 2. The molecule has 0 spiro atoms. The number of carbonyl (C=O) groups excluding carboxylic acids is 3. The number of piperidine rings is 2. The van der Waals surface area contributed by atoms with Crippen LogP contribution in [0.1, 0.15) is 82.6 Å². The Labute approximate surface area is 476 Å². The molecule has 16 nitrogen and oxygen atoms in total. The van der Waals surface area contributed by atoms with E-state index in [9.17, 15) is 67.1 Å². The van der Waals surface area contributed by atoms with Gasteiger partial charge in [-0.1, -0.05) is 38.1 Å². The van der Waals surface area contributed by atoms with E-state index in [1.807, 2.05) is 69.0 Å². The van der Waals surface area contributed by atoms with E-state index >= 15 is 0 Å². The van der Waals surface area contributed by atoms with Gasteiger partial charge in [0.25, 0.3) is 12.2 Å². The quantitative estimate of drug-likeness (QED) is 0.0931. The zero-order chi connectivity index (χ0) is 61.4. The average Bonchev–Trinajstić information content (AvgIpc) is 1.61. The number of fused-ring (bicyclic) bond motifs is 4. The second kappa shape index (κ2) is 24.0. The van der Waals surface area contributed by atoms with Gasteiger partial charge in [-0.05, 0) is 129 Å². The number of amides is 2. The van der Waals surface area contributed by atoms with E-state index in [0.29, 0.717) is 42.0 Å². The third-order valence-corrected chi connectivity index (χ3v) is 15.1. The van der Waals surface area contributed by atoms with Crippen molar-refractivity contribution >= 4 is 29.2 Å². The fourth-order valence-corrected chi connectivity index (χ4v) is 10.8. The minimum atomic E-state index is -5.77. The van der Waals surface area contributed by atoms with Crippen LogP contribution in [-0.4, -0.2) is 123 Å². The number of rotatable bonds is 8. The Bertz CT molecular complexity index is 2880. The molecule has 10 rings (SSSR count). The van der Waals surface area contributed by atoms with Crippen molar-refractivity contribution < 1.29 is 119 Å². The summed E-state index contributed by atoms with van der Waals surface area (Å²) in [5.41, 5.74) is 0.343. The Morgan fingerprint density at radius 2 is 0.690 bits per heavy atom. The van der Waals surface area contributed by atoms with Gasteiger partial charge in [-0.25, -0.2) is 14.4 Å². The Hall–Kier alpha value is -7.26. The Morgan fingerprint density at radius 3 is 0.940 bits per heavy atom. The molecule has 4 aromatic rings. The smallest absolute Gasteiger partial charge is 0.434 e. The fourth-order valence-electron chi connectivity index (χ4n) is 10.7. The molecule has 4 aromatic carbocycles. The largest absolute Gasteiger partial charge is 0.454 e. The van der Waals surface area contributed by atoms with Crippen LogP contribution in [0.4, 0.5) is 67.1 Å². The molecule has 84 heavy (non-hydrogen) atoms. The van der Waals surface area contributed by atoms with Gasteiger partial charge in [0.05, 0.1) is 0 Å². The third-order valence-electron chi connectivity index (χ3n) is 15.0. The van der Waals surface area contributed by atoms with Crippen molar-refractivity contribution in [1.82, 2.24) is 9.80 Å². The molecule has 0 saturated carbocycles. The van der Waals surface area contributed by atoms with Crippen molar-refractivity contribution in [2.45, 2.75) is 114 Å². The number of benzene rings is 4. The normalized spacial score (nSPS) is 17.1. The summed E-state index contributed by atoms with van der Waals surface area (Å²) in [6.45, 7) is 11.7. The fraction of sp³-hybridized carbons (Fsp3) is 0.509. The molecule has 2 saturated heterocycles. The third kappa shape index (κ3) is 14.1. The van der Waals surface area contributed by atoms with E-state index in [4.69, 9.17) is 42.6 Å². The standard InChI is InChI=1S/C26H31NO6.C25H23F6NO6.C4HClF6O2/c1-25(2,3)33-24(28)27-11-9-17(10-12-27)26(4,18-5-7-20-22(13-18)31-15-29-20)19-6-8-21-23(14-19)32-16-30-21;1-23(15-2-4-17-19(10-15)36-12-34-17,16-3-5-18-20(11-16)37-13-35-18)14-6-8-32(9-7-14)22(33)38-21(24(26,27)28)25(29,30)31;5-2(12)13-1(3(6,7)8)4(9,10)11/h5-8,13-14,17H,9-12,15-16H2,1-4H3;2-5,10-11,14,21H,6-9,12-13H2,1H3;1H. The first-order valence-corrected chi connectivity index (χ1v) is 26.2. The molecule has 6 aliphatic rings. The summed E-state index contributed by atoms with van der Waals surface area (Å²) in [5, 5.41) is 0. The van der Waals surface area contributed by atoms with Gasteiger partial charge in [0.2, 0.25) is 27.2 Å². The zero-order valence-corrected chi connectivity index (χ0v) is 46.0. The number of carbonyl (C=O) groups is 3. The lowest BCUT2D eigenvalue weighted by atomic mass is 9.64. The molecule has 0 unspecified atom stereocenters. The molecule has 0 radical (unpaired) electrons. The first-order chi connectivity index (χ1) is 39.2. The van der Waals surface area contributed by atoms with Crippen LogP contribution in [0.3, 0.4) is 0 Å². The molecule has 29 heteroatoms. The van der Waals surface area contributed by atoms with Crippen molar-refractivity contribution in [3.8, 4) is 46.0 Å². The molecule has 460 valence electrons. The maximum Gasteiger partial charge on any atom is 0.434 e. The van der Waals surface area contributed by atoms with Crippen LogP contribution in [0.25, 0.3) is 0 Å². The first-order valence-electron chi connectivity index (χ1n) is 25.8. The van der Waals surface area contributed by atoms with Crippen molar-refractivity contribution in [3.63, 3.8) is 0 Å². The van der Waals surface area contributed by atoms with Gasteiger partial charge < -0.3 is 61.9 Å². The monoisotopic (exact) mass is 1230 g/mol. The summed E-state index contributed by atoms with van der Waals surface area (Å²) in [5.74, 6) is 5.51. The van der Waals surface area contributed by atoms with E-state index in [-0.39, 0.29) is 70.5 Å². The highest BCUT2D eigenvalue weighted by Crippen LogP contribution is 2.51. The molecule has 6 aliphatic heterocycles. The highest BCUT2D eigenvalue weighted by atomic mass is 35.5. The zero-order valence-electron chi connectivity index (χ0n) is 45.2. The first kappa shape index (κ1) is 62.8. The second-order valence-corrected chi connectivity index (χ2v) is 21.7. The van der Waals surface area contributed by atoms with Crippen LogP contribution in [0.2, 0.25) is 0 Å². The van der Waals surface area contributed by atoms with Gasteiger partial charge >= 0.3 is 42.3 Å². The lowest BCUT2D eigenvalue weighted by molar-refractivity contribution is -0.308. The van der Waals surface area contributed by atoms with Crippen molar-refractivity contribution in [2.75, 3.05) is 53.4 Å². The molecule has 2 fully saturated rings. The minimum absolute atomic E-state index is 0.0802. The van der Waals surface area contributed by atoms with E-state index < -0.39 is 59.5 Å². The van der Waals surface area contributed by atoms with Crippen molar-refractivity contribution in [3.05, 3.63) is 95.1 Å². The molecular formula is C55H55ClF12N2O14. The Balaban J connectivity index is 0.000000183. The average molecular weight is 1230 g/mol. The molecule has 0 atom stereocenters. The summed E-state index contributed by atoms with van der Waals surface area (Å²) < 4.78 is 203. The van der Waals surface area contributed by atoms with E-state index in [1.165, 1.54) is 0 Å². The lowest BCUT2D eigenvalue weighted by Crippen LogP contribution is -2.50. The topological polar surface area (TPSA) is 159 Å². The van der Waals surface area contributed by atoms with Crippen LogP contribution >= 0.6 is 11.6 Å². The summed E-state index contributed by atoms with van der Waals surface area (Å²) in [6.07, 6.45) is -31.0. The number of ether oxygens (including phenoxy) is 11. The number of hydrogen-bond acceptors (Lipinski definition) is 14. The molecule has 6 heterocycles. The molecule has 0 bridgehead atoms. The van der Waals surface area contributed by atoms with Crippen LogP contribution in [0.15, 0.2) is 72.8 Å². The second-order valence-electron chi connectivity index (χ2n) is 21.3. The molecule has 2 amide bonds. The summed E-state index contributed by atoms with van der Waals surface area (Å²) in [6, 6.07) is 23.4. The number of nitrogens with zero attached hydrogens (tertiary/aromatic N) is 2. The highest BCUT2D eigenvalue weighted by molar-refractivity contribution is 6.61. The number of alkyl halides is 12. The predicted molar refractivity (Wildman–Crippen MR) is 269 cm³/mol. The SMILES string of the molecule is CC(C)(C)OC(=O)N1CCC(C(C)(c2ccc3c(c2)OCO3)c2ccc3c(c2)OCO3)CC1.CC(c1ccc2c(c1)OCO2)(c1ccc2c(c1)OCO2)C1CCN(C(=O)OC(C(F)(F)F)C(F)(F)F)CC1.O=C(Cl)OC(C(F)(F)F)C(F)(F)F. The van der Waals surface area contributed by atoms with Crippen LogP contribution < -0.4 is 37.9 Å². The van der Waals surface area contributed by atoms with Crippen LogP contribution in [0.5, 0.6) is 46.0 Å². The highest BCUT2D eigenvalue weighted by Gasteiger charge is 2.61.